The van der Waals surface area contributed by atoms with E-state index in [0.29, 0.717) is 18.0 Å². The van der Waals surface area contributed by atoms with Gasteiger partial charge in [0.1, 0.15) is 10.8 Å². The van der Waals surface area contributed by atoms with Crippen LogP contribution >= 0.6 is 23.2 Å². The van der Waals surface area contributed by atoms with Gasteiger partial charge in [-0.25, -0.2) is 0 Å². The lowest BCUT2D eigenvalue weighted by Gasteiger charge is -2.04. The molecular weight excluding hydrogens is 225 g/mol. The SMILES string of the molecule is CC(=O)CCn1cc(Cl)cc(Cl)c1=O. The highest BCUT2D eigenvalue weighted by Crippen LogP contribution is 2.11. The number of hydrogen-bond acceptors (Lipinski definition) is 2. The van der Waals surface area contributed by atoms with E-state index in [9.17, 15) is 9.59 Å². The summed E-state index contributed by atoms with van der Waals surface area (Å²) in [6.07, 6.45) is 1.77. The Balaban J connectivity index is 2.97. The maximum atomic E-state index is 11.4. The molecule has 0 saturated heterocycles. The van der Waals surface area contributed by atoms with Crippen LogP contribution in [0.25, 0.3) is 0 Å². The molecule has 0 aliphatic rings. The average Bonchev–Trinajstić information content (AvgIpc) is 2.08. The Morgan fingerprint density at radius 3 is 2.71 bits per heavy atom. The second-order valence-corrected chi connectivity index (χ2v) is 3.80. The molecule has 1 rings (SSSR count). The van der Waals surface area contributed by atoms with Gasteiger partial charge in [-0.2, -0.15) is 0 Å². The molecule has 5 heteroatoms. The van der Waals surface area contributed by atoms with E-state index in [-0.39, 0.29) is 16.4 Å². The number of hydrogen-bond donors (Lipinski definition) is 0. The molecule has 0 amide bonds. The van der Waals surface area contributed by atoms with E-state index >= 15 is 0 Å². The Morgan fingerprint density at radius 2 is 2.14 bits per heavy atom. The van der Waals surface area contributed by atoms with Gasteiger partial charge in [-0.1, -0.05) is 23.2 Å². The fourth-order valence-corrected chi connectivity index (χ4v) is 1.52. The second kappa shape index (κ2) is 4.62. The molecule has 0 N–H and O–H groups in total. The summed E-state index contributed by atoms with van der Waals surface area (Å²) < 4.78 is 1.34. The topological polar surface area (TPSA) is 39.1 Å². The van der Waals surface area contributed by atoms with Gasteiger partial charge < -0.3 is 4.57 Å². The summed E-state index contributed by atoms with van der Waals surface area (Å²) >= 11 is 11.3. The van der Waals surface area contributed by atoms with Crippen LogP contribution < -0.4 is 5.56 Å². The van der Waals surface area contributed by atoms with Gasteiger partial charge in [0.25, 0.3) is 5.56 Å². The van der Waals surface area contributed by atoms with Crippen molar-refractivity contribution in [2.75, 3.05) is 0 Å². The highest BCUT2D eigenvalue weighted by molar-refractivity contribution is 6.34. The molecule has 1 aromatic heterocycles. The molecule has 1 aromatic rings. The van der Waals surface area contributed by atoms with E-state index in [0.717, 1.165) is 0 Å². The molecule has 0 aliphatic carbocycles. The smallest absolute Gasteiger partial charge is 0.269 e. The van der Waals surface area contributed by atoms with Crippen LogP contribution in [0.1, 0.15) is 13.3 Å². The van der Waals surface area contributed by atoms with E-state index in [1.165, 1.54) is 23.8 Å². The predicted octanol–water partition coefficient (Wildman–Crippen LogP) is 2.13. The monoisotopic (exact) mass is 233 g/mol. The number of nitrogens with zero attached hydrogens (tertiary/aromatic N) is 1. The van der Waals surface area contributed by atoms with Crippen molar-refractivity contribution in [1.82, 2.24) is 4.57 Å². The number of ketones is 1. The van der Waals surface area contributed by atoms with E-state index in [1.807, 2.05) is 0 Å². The fourth-order valence-electron chi connectivity index (χ4n) is 1.01. The number of Topliss-reactive ketones (excluding diaryl/α,β-unsaturated/α-hetero) is 1. The minimum absolute atomic E-state index is 0.0213. The Hall–Kier alpha value is -0.800. The summed E-state index contributed by atoms with van der Waals surface area (Å²) in [6.45, 7) is 1.78. The molecule has 76 valence electrons. The summed E-state index contributed by atoms with van der Waals surface area (Å²) in [5.74, 6) is 0.0213. The number of halogens is 2. The lowest BCUT2D eigenvalue weighted by Crippen LogP contribution is -2.20. The van der Waals surface area contributed by atoms with E-state index < -0.39 is 0 Å². The van der Waals surface area contributed by atoms with Crippen LogP contribution in [-0.2, 0) is 11.3 Å². The number of aryl methyl sites for hydroxylation is 1. The molecule has 0 aliphatic heterocycles. The minimum Gasteiger partial charge on any atom is -0.312 e. The first-order valence-corrected chi connectivity index (χ1v) is 4.81. The largest absolute Gasteiger partial charge is 0.312 e. The van der Waals surface area contributed by atoms with Crippen molar-refractivity contribution in [2.45, 2.75) is 19.9 Å². The Labute approximate surface area is 91.3 Å². The Bertz CT molecular complexity index is 412. The Kier molecular flexibility index (Phi) is 3.72. The summed E-state index contributed by atoms with van der Waals surface area (Å²) in [5, 5.41) is 0.458. The summed E-state index contributed by atoms with van der Waals surface area (Å²) in [4.78, 5) is 22.1. The number of pyridine rings is 1. The molecule has 0 atom stereocenters. The van der Waals surface area contributed by atoms with Crippen molar-refractivity contribution in [3.63, 3.8) is 0 Å². The lowest BCUT2D eigenvalue weighted by molar-refractivity contribution is -0.117. The number of aromatic nitrogens is 1. The highest BCUT2D eigenvalue weighted by atomic mass is 35.5. The molecule has 0 fully saturated rings. The summed E-state index contributed by atoms with van der Waals surface area (Å²) in [5.41, 5.74) is -0.322. The third-order valence-electron chi connectivity index (χ3n) is 1.71. The van der Waals surface area contributed by atoms with Crippen molar-refractivity contribution in [1.29, 1.82) is 0 Å². The van der Waals surface area contributed by atoms with Gasteiger partial charge in [0.05, 0.1) is 5.02 Å². The quantitative estimate of drug-likeness (QED) is 0.803. The first kappa shape index (κ1) is 11.3. The zero-order valence-corrected chi connectivity index (χ0v) is 9.10. The molecule has 0 saturated carbocycles. The molecule has 14 heavy (non-hydrogen) atoms. The molecule has 3 nitrogen and oxygen atoms in total. The van der Waals surface area contributed by atoms with Crippen LogP contribution in [0.2, 0.25) is 10.0 Å². The Morgan fingerprint density at radius 1 is 1.50 bits per heavy atom. The van der Waals surface area contributed by atoms with Crippen LogP contribution in [0.5, 0.6) is 0 Å². The molecule has 1 heterocycles. The minimum atomic E-state index is -0.322. The van der Waals surface area contributed by atoms with Crippen molar-refractivity contribution in [3.05, 3.63) is 32.7 Å². The van der Waals surface area contributed by atoms with E-state index in [2.05, 4.69) is 0 Å². The van der Waals surface area contributed by atoms with Gasteiger partial charge in [0, 0.05) is 19.2 Å². The second-order valence-electron chi connectivity index (χ2n) is 2.96. The first-order chi connectivity index (χ1) is 6.50. The van der Waals surface area contributed by atoms with Gasteiger partial charge in [-0.15, -0.1) is 0 Å². The summed E-state index contributed by atoms with van der Waals surface area (Å²) in [6, 6.07) is 1.38. The van der Waals surface area contributed by atoms with Gasteiger partial charge in [0.15, 0.2) is 0 Å². The zero-order valence-electron chi connectivity index (χ0n) is 7.59. The van der Waals surface area contributed by atoms with Crippen LogP contribution in [0, 0.1) is 0 Å². The first-order valence-electron chi connectivity index (χ1n) is 4.05. The van der Waals surface area contributed by atoms with Gasteiger partial charge >= 0.3 is 0 Å². The maximum Gasteiger partial charge on any atom is 0.269 e. The predicted molar refractivity (Wildman–Crippen MR) is 56.0 cm³/mol. The molecule has 0 spiro atoms. The number of carbonyl (C=O) groups is 1. The van der Waals surface area contributed by atoms with Crippen LogP contribution in [0.15, 0.2) is 17.1 Å². The average molecular weight is 234 g/mol. The molecular formula is C9H9Cl2NO2. The van der Waals surface area contributed by atoms with Crippen molar-refractivity contribution < 1.29 is 4.79 Å². The fraction of sp³-hybridized carbons (Fsp3) is 0.333. The standard InChI is InChI=1S/C9H9Cl2NO2/c1-6(13)2-3-12-5-7(10)4-8(11)9(12)14/h4-5H,2-3H2,1H3. The third kappa shape index (κ3) is 2.86. The number of rotatable bonds is 3. The van der Waals surface area contributed by atoms with E-state index in [1.54, 1.807) is 0 Å². The zero-order chi connectivity index (χ0) is 10.7. The molecule has 0 aromatic carbocycles. The molecule has 0 radical (unpaired) electrons. The van der Waals surface area contributed by atoms with Crippen LogP contribution in [0.3, 0.4) is 0 Å². The normalized spacial score (nSPS) is 10.2. The van der Waals surface area contributed by atoms with Crippen LogP contribution in [-0.4, -0.2) is 10.4 Å². The van der Waals surface area contributed by atoms with Gasteiger partial charge in [-0.3, -0.25) is 9.59 Å². The maximum absolute atomic E-state index is 11.4. The van der Waals surface area contributed by atoms with Crippen molar-refractivity contribution >= 4 is 29.0 Å². The van der Waals surface area contributed by atoms with Crippen molar-refractivity contribution in [3.8, 4) is 0 Å². The van der Waals surface area contributed by atoms with Crippen molar-refractivity contribution in [2.24, 2.45) is 0 Å². The summed E-state index contributed by atoms with van der Waals surface area (Å²) in [7, 11) is 0. The number of carbonyl (C=O) groups excluding carboxylic acids is 1. The lowest BCUT2D eigenvalue weighted by atomic mass is 10.3. The van der Waals surface area contributed by atoms with E-state index in [4.69, 9.17) is 23.2 Å². The van der Waals surface area contributed by atoms with Crippen LogP contribution in [0.4, 0.5) is 0 Å². The third-order valence-corrected chi connectivity index (χ3v) is 2.19. The highest BCUT2D eigenvalue weighted by Gasteiger charge is 2.04. The molecule has 0 unspecified atom stereocenters. The molecule has 0 bridgehead atoms. The van der Waals surface area contributed by atoms with Gasteiger partial charge in [0.2, 0.25) is 0 Å². The van der Waals surface area contributed by atoms with Gasteiger partial charge in [-0.05, 0) is 13.0 Å².